The van der Waals surface area contributed by atoms with Gasteiger partial charge in [0.05, 0.1) is 19.8 Å². The van der Waals surface area contributed by atoms with E-state index in [-0.39, 0.29) is 17.3 Å². The van der Waals surface area contributed by atoms with Crippen molar-refractivity contribution in [3.8, 4) is 0 Å². The highest BCUT2D eigenvalue weighted by Gasteiger charge is 2.26. The SMILES string of the molecule is CN(C)C(=O)CNc1ccc(S(=O)(=O)N2CCOCC2)cn1. The van der Waals surface area contributed by atoms with Gasteiger partial charge in [-0.2, -0.15) is 4.31 Å². The van der Waals surface area contributed by atoms with Gasteiger partial charge in [0.15, 0.2) is 0 Å². The number of hydrogen-bond donors (Lipinski definition) is 1. The largest absolute Gasteiger partial charge is 0.379 e. The molecule has 0 spiro atoms. The molecule has 1 amide bonds. The summed E-state index contributed by atoms with van der Waals surface area (Å²) in [6, 6.07) is 3.04. The number of carbonyl (C=O) groups is 1. The van der Waals surface area contributed by atoms with Crippen LogP contribution >= 0.6 is 0 Å². The standard InChI is InChI=1S/C13H20N4O4S/c1-16(2)13(18)10-15-12-4-3-11(9-14-12)22(19,20)17-5-7-21-8-6-17/h3-4,9H,5-8,10H2,1-2H3,(H,14,15). The van der Waals surface area contributed by atoms with E-state index >= 15 is 0 Å². The van der Waals surface area contributed by atoms with Gasteiger partial charge in [-0.05, 0) is 12.1 Å². The molecular formula is C13H20N4O4S. The van der Waals surface area contributed by atoms with Gasteiger partial charge in [0.2, 0.25) is 15.9 Å². The maximum Gasteiger partial charge on any atom is 0.244 e. The van der Waals surface area contributed by atoms with Crippen LogP contribution in [0.4, 0.5) is 5.82 Å². The zero-order chi connectivity index (χ0) is 16.2. The van der Waals surface area contributed by atoms with E-state index in [4.69, 9.17) is 4.74 Å². The van der Waals surface area contributed by atoms with Crippen LogP contribution in [0.1, 0.15) is 0 Å². The lowest BCUT2D eigenvalue weighted by atomic mass is 10.4. The van der Waals surface area contributed by atoms with Crippen molar-refractivity contribution < 1.29 is 17.9 Å². The molecular weight excluding hydrogens is 308 g/mol. The Hall–Kier alpha value is -1.71. The zero-order valence-corrected chi connectivity index (χ0v) is 13.5. The number of rotatable bonds is 5. The lowest BCUT2D eigenvalue weighted by molar-refractivity contribution is -0.126. The Kier molecular flexibility index (Phi) is 5.33. The average Bonchev–Trinajstić information content (AvgIpc) is 2.53. The lowest BCUT2D eigenvalue weighted by Crippen LogP contribution is -2.40. The number of sulfonamides is 1. The summed E-state index contributed by atoms with van der Waals surface area (Å²) >= 11 is 0. The van der Waals surface area contributed by atoms with E-state index in [1.807, 2.05) is 0 Å². The second-order valence-electron chi connectivity index (χ2n) is 5.04. The summed E-state index contributed by atoms with van der Waals surface area (Å²) in [7, 11) is -0.211. The van der Waals surface area contributed by atoms with Crippen LogP contribution < -0.4 is 5.32 Å². The Labute approximate surface area is 130 Å². The van der Waals surface area contributed by atoms with E-state index < -0.39 is 10.0 Å². The molecule has 0 aromatic carbocycles. The fraction of sp³-hybridized carbons (Fsp3) is 0.538. The molecule has 122 valence electrons. The van der Waals surface area contributed by atoms with Crippen molar-refractivity contribution in [1.82, 2.24) is 14.2 Å². The van der Waals surface area contributed by atoms with Crippen LogP contribution in [0, 0.1) is 0 Å². The molecule has 0 bridgehead atoms. The number of pyridine rings is 1. The number of anilines is 1. The van der Waals surface area contributed by atoms with Crippen molar-refractivity contribution in [2.24, 2.45) is 0 Å². The number of carbonyl (C=O) groups excluding carboxylic acids is 1. The molecule has 2 rings (SSSR count). The third-order valence-electron chi connectivity index (χ3n) is 3.26. The fourth-order valence-corrected chi connectivity index (χ4v) is 3.25. The average molecular weight is 328 g/mol. The molecule has 0 unspecified atom stereocenters. The molecule has 0 radical (unpaired) electrons. The van der Waals surface area contributed by atoms with Crippen LogP contribution in [0.3, 0.4) is 0 Å². The highest BCUT2D eigenvalue weighted by molar-refractivity contribution is 7.89. The molecule has 8 nitrogen and oxygen atoms in total. The molecule has 1 aliphatic rings. The molecule has 1 saturated heterocycles. The maximum absolute atomic E-state index is 12.4. The molecule has 1 fully saturated rings. The minimum atomic E-state index is -3.54. The molecule has 2 heterocycles. The summed E-state index contributed by atoms with van der Waals surface area (Å²) in [4.78, 5) is 17.1. The molecule has 9 heteroatoms. The molecule has 0 aliphatic carbocycles. The van der Waals surface area contributed by atoms with E-state index in [0.717, 1.165) is 0 Å². The summed E-state index contributed by atoms with van der Waals surface area (Å²) in [5, 5.41) is 2.85. The molecule has 1 aromatic rings. The summed E-state index contributed by atoms with van der Waals surface area (Å²) in [6.45, 7) is 1.60. The highest BCUT2D eigenvalue weighted by atomic mass is 32.2. The van der Waals surface area contributed by atoms with Crippen molar-refractivity contribution in [1.29, 1.82) is 0 Å². The minimum absolute atomic E-state index is 0.0909. The quantitative estimate of drug-likeness (QED) is 0.791. The van der Waals surface area contributed by atoms with Crippen LogP contribution in [-0.4, -0.2) is 75.5 Å². The van der Waals surface area contributed by atoms with Crippen molar-refractivity contribution in [2.45, 2.75) is 4.90 Å². The first-order chi connectivity index (χ1) is 10.4. The van der Waals surface area contributed by atoms with E-state index in [2.05, 4.69) is 10.3 Å². The number of ether oxygens (including phenoxy) is 1. The normalized spacial score (nSPS) is 16.3. The third kappa shape index (κ3) is 3.93. The van der Waals surface area contributed by atoms with Crippen molar-refractivity contribution in [3.63, 3.8) is 0 Å². The van der Waals surface area contributed by atoms with Crippen LogP contribution in [0.25, 0.3) is 0 Å². The van der Waals surface area contributed by atoms with E-state index in [1.54, 1.807) is 20.2 Å². The topological polar surface area (TPSA) is 91.8 Å². The van der Waals surface area contributed by atoms with Gasteiger partial charge in [0.25, 0.3) is 0 Å². The second-order valence-corrected chi connectivity index (χ2v) is 6.98. The summed E-state index contributed by atoms with van der Waals surface area (Å²) in [6.07, 6.45) is 1.30. The highest BCUT2D eigenvalue weighted by Crippen LogP contribution is 2.17. The predicted molar refractivity (Wildman–Crippen MR) is 81.0 cm³/mol. The van der Waals surface area contributed by atoms with Crippen LogP contribution in [0.2, 0.25) is 0 Å². The molecule has 1 aliphatic heterocycles. The minimum Gasteiger partial charge on any atom is -0.379 e. The first-order valence-electron chi connectivity index (χ1n) is 6.89. The van der Waals surface area contributed by atoms with Crippen molar-refractivity contribution in [2.75, 3.05) is 52.3 Å². The fourth-order valence-electron chi connectivity index (χ4n) is 1.90. The van der Waals surface area contributed by atoms with E-state index in [0.29, 0.717) is 32.1 Å². The number of morpholine rings is 1. The van der Waals surface area contributed by atoms with Gasteiger partial charge in [-0.25, -0.2) is 13.4 Å². The Morgan fingerprint density at radius 2 is 2.05 bits per heavy atom. The van der Waals surface area contributed by atoms with Crippen LogP contribution in [0.15, 0.2) is 23.2 Å². The maximum atomic E-state index is 12.4. The van der Waals surface area contributed by atoms with Gasteiger partial charge in [0, 0.05) is 33.4 Å². The second kappa shape index (κ2) is 7.03. The summed E-state index contributed by atoms with van der Waals surface area (Å²) < 4.78 is 31.3. The third-order valence-corrected chi connectivity index (χ3v) is 5.15. The van der Waals surface area contributed by atoms with Crippen LogP contribution in [-0.2, 0) is 19.6 Å². The molecule has 1 N–H and O–H groups in total. The van der Waals surface area contributed by atoms with E-state index in [1.165, 1.54) is 21.5 Å². The Bertz CT molecular complexity index is 609. The molecule has 0 saturated carbocycles. The summed E-state index contributed by atoms with van der Waals surface area (Å²) in [5.74, 6) is 0.364. The predicted octanol–water partition coefficient (Wildman–Crippen LogP) is -0.397. The van der Waals surface area contributed by atoms with Gasteiger partial charge < -0.3 is 15.0 Å². The monoisotopic (exact) mass is 328 g/mol. The molecule has 1 aromatic heterocycles. The van der Waals surface area contributed by atoms with Gasteiger partial charge >= 0.3 is 0 Å². The number of hydrogen-bond acceptors (Lipinski definition) is 6. The van der Waals surface area contributed by atoms with Crippen LogP contribution in [0.5, 0.6) is 0 Å². The Morgan fingerprint density at radius 1 is 1.36 bits per heavy atom. The zero-order valence-electron chi connectivity index (χ0n) is 12.7. The van der Waals surface area contributed by atoms with E-state index in [9.17, 15) is 13.2 Å². The molecule has 22 heavy (non-hydrogen) atoms. The lowest BCUT2D eigenvalue weighted by Gasteiger charge is -2.25. The number of aromatic nitrogens is 1. The van der Waals surface area contributed by atoms with Gasteiger partial charge in [-0.3, -0.25) is 4.79 Å². The Morgan fingerprint density at radius 3 is 2.59 bits per heavy atom. The van der Waals surface area contributed by atoms with Crippen molar-refractivity contribution >= 4 is 21.7 Å². The van der Waals surface area contributed by atoms with Gasteiger partial charge in [-0.15, -0.1) is 0 Å². The van der Waals surface area contributed by atoms with Gasteiger partial charge in [-0.1, -0.05) is 0 Å². The number of nitrogens with one attached hydrogen (secondary N) is 1. The number of nitrogens with zero attached hydrogens (tertiary/aromatic N) is 3. The van der Waals surface area contributed by atoms with Gasteiger partial charge in [0.1, 0.15) is 10.7 Å². The first kappa shape index (κ1) is 16.7. The number of amides is 1. The summed E-state index contributed by atoms with van der Waals surface area (Å²) in [5.41, 5.74) is 0. The number of likely N-dealkylation sites (N-methyl/N-ethyl adjacent to an activating group) is 1. The first-order valence-corrected chi connectivity index (χ1v) is 8.33. The Balaban J connectivity index is 2.03. The molecule has 0 atom stereocenters. The van der Waals surface area contributed by atoms with Crippen molar-refractivity contribution in [3.05, 3.63) is 18.3 Å². The smallest absolute Gasteiger partial charge is 0.244 e.